The Hall–Kier alpha value is -1.31. The van der Waals surface area contributed by atoms with Crippen molar-refractivity contribution in [3.05, 3.63) is 69.7 Å². The van der Waals surface area contributed by atoms with E-state index in [1.165, 1.54) is 11.1 Å². The largest absolute Gasteiger partial charge is 0.320 e. The number of aryl methyl sites for hydroxylation is 2. The third-order valence-electron chi connectivity index (χ3n) is 3.13. The molecule has 2 aromatic carbocycles. The fraction of sp³-hybridized carbons (Fsp3) is 0.200. The Bertz CT molecular complexity index is 534. The summed E-state index contributed by atoms with van der Waals surface area (Å²) in [5, 5.41) is 0.721. The van der Waals surface area contributed by atoms with Crippen LogP contribution in [0.2, 0.25) is 5.02 Å². The molecule has 1 atom stereocenters. The van der Waals surface area contributed by atoms with Crippen molar-refractivity contribution in [2.45, 2.75) is 19.9 Å². The van der Waals surface area contributed by atoms with Gasteiger partial charge in [-0.15, -0.1) is 0 Å². The average Bonchev–Trinajstić information content (AvgIpc) is 2.32. The highest BCUT2D eigenvalue weighted by atomic mass is 35.5. The van der Waals surface area contributed by atoms with Crippen molar-refractivity contribution in [3.63, 3.8) is 0 Å². The average molecular weight is 246 g/mol. The quantitative estimate of drug-likeness (QED) is 0.850. The lowest BCUT2D eigenvalue weighted by atomic mass is 9.96. The van der Waals surface area contributed by atoms with Crippen molar-refractivity contribution < 1.29 is 0 Å². The van der Waals surface area contributed by atoms with E-state index in [0.29, 0.717) is 0 Å². The van der Waals surface area contributed by atoms with E-state index in [4.69, 9.17) is 17.3 Å². The molecule has 2 rings (SSSR count). The second-order valence-electron chi connectivity index (χ2n) is 4.34. The lowest BCUT2D eigenvalue weighted by molar-refractivity contribution is 0.869. The highest BCUT2D eigenvalue weighted by molar-refractivity contribution is 6.31. The molecule has 2 heteroatoms. The minimum absolute atomic E-state index is 0.164. The number of rotatable bonds is 2. The molecule has 2 aromatic rings. The van der Waals surface area contributed by atoms with Gasteiger partial charge in [0.05, 0.1) is 6.04 Å². The molecule has 0 fully saturated rings. The van der Waals surface area contributed by atoms with Crippen LogP contribution in [0.4, 0.5) is 0 Å². The van der Waals surface area contributed by atoms with Crippen LogP contribution in [0.25, 0.3) is 0 Å². The van der Waals surface area contributed by atoms with Crippen LogP contribution in [-0.4, -0.2) is 0 Å². The summed E-state index contributed by atoms with van der Waals surface area (Å²) in [6, 6.07) is 13.9. The Labute approximate surface area is 107 Å². The van der Waals surface area contributed by atoms with Crippen molar-refractivity contribution in [2.75, 3.05) is 0 Å². The fourth-order valence-corrected chi connectivity index (χ4v) is 2.12. The van der Waals surface area contributed by atoms with E-state index in [-0.39, 0.29) is 6.04 Å². The van der Waals surface area contributed by atoms with Crippen LogP contribution < -0.4 is 5.73 Å². The molecule has 0 radical (unpaired) electrons. The van der Waals surface area contributed by atoms with Gasteiger partial charge in [0.1, 0.15) is 0 Å². The van der Waals surface area contributed by atoms with E-state index in [0.717, 1.165) is 16.1 Å². The molecule has 17 heavy (non-hydrogen) atoms. The number of hydrogen-bond donors (Lipinski definition) is 1. The van der Waals surface area contributed by atoms with Crippen LogP contribution in [-0.2, 0) is 0 Å². The first-order chi connectivity index (χ1) is 8.09. The molecule has 1 unspecified atom stereocenters. The van der Waals surface area contributed by atoms with Gasteiger partial charge in [0, 0.05) is 5.02 Å². The smallest absolute Gasteiger partial charge is 0.0566 e. The van der Waals surface area contributed by atoms with Gasteiger partial charge in [0.25, 0.3) is 0 Å². The molecule has 0 aromatic heterocycles. The summed E-state index contributed by atoms with van der Waals surface area (Å²) in [5.41, 5.74) is 10.9. The number of hydrogen-bond acceptors (Lipinski definition) is 1. The van der Waals surface area contributed by atoms with Gasteiger partial charge in [-0.25, -0.2) is 0 Å². The van der Waals surface area contributed by atoms with Crippen LogP contribution in [0.5, 0.6) is 0 Å². The molecule has 1 nitrogen and oxygen atoms in total. The highest BCUT2D eigenvalue weighted by Crippen LogP contribution is 2.27. The Kier molecular flexibility index (Phi) is 3.51. The maximum atomic E-state index is 6.25. The number of nitrogens with two attached hydrogens (primary N) is 1. The van der Waals surface area contributed by atoms with Gasteiger partial charge in [0.2, 0.25) is 0 Å². The van der Waals surface area contributed by atoms with E-state index in [1.54, 1.807) is 0 Å². The molecule has 0 heterocycles. The van der Waals surface area contributed by atoms with E-state index < -0.39 is 0 Å². The predicted molar refractivity (Wildman–Crippen MR) is 73.4 cm³/mol. The minimum Gasteiger partial charge on any atom is -0.320 e. The lowest BCUT2D eigenvalue weighted by Gasteiger charge is -2.15. The Morgan fingerprint density at radius 2 is 1.71 bits per heavy atom. The highest BCUT2D eigenvalue weighted by Gasteiger charge is 2.12. The molecular weight excluding hydrogens is 230 g/mol. The normalized spacial score (nSPS) is 12.5. The summed E-state index contributed by atoms with van der Waals surface area (Å²) in [5.74, 6) is 0. The lowest BCUT2D eigenvalue weighted by Crippen LogP contribution is -2.12. The van der Waals surface area contributed by atoms with Crippen LogP contribution >= 0.6 is 11.6 Å². The minimum atomic E-state index is -0.164. The molecular formula is C15H16ClN. The predicted octanol–water partition coefficient (Wildman–Crippen LogP) is 4.00. The first kappa shape index (κ1) is 12.2. The van der Waals surface area contributed by atoms with Gasteiger partial charge >= 0.3 is 0 Å². The molecule has 0 aliphatic carbocycles. The molecule has 0 saturated heterocycles. The van der Waals surface area contributed by atoms with E-state index in [1.807, 2.05) is 24.3 Å². The van der Waals surface area contributed by atoms with E-state index >= 15 is 0 Å². The van der Waals surface area contributed by atoms with E-state index in [9.17, 15) is 0 Å². The third kappa shape index (κ3) is 2.51. The zero-order valence-electron chi connectivity index (χ0n) is 10.1. The van der Waals surface area contributed by atoms with E-state index in [2.05, 4.69) is 32.0 Å². The monoisotopic (exact) mass is 245 g/mol. The van der Waals surface area contributed by atoms with Crippen molar-refractivity contribution in [1.82, 2.24) is 0 Å². The molecule has 0 aliphatic heterocycles. The van der Waals surface area contributed by atoms with Crippen molar-refractivity contribution in [2.24, 2.45) is 5.73 Å². The van der Waals surface area contributed by atoms with Crippen molar-refractivity contribution >= 4 is 11.6 Å². The van der Waals surface area contributed by atoms with Gasteiger partial charge in [-0.3, -0.25) is 0 Å². The van der Waals surface area contributed by atoms with Gasteiger partial charge in [-0.05, 0) is 42.2 Å². The Morgan fingerprint density at radius 3 is 2.35 bits per heavy atom. The summed E-state index contributed by atoms with van der Waals surface area (Å²) >= 11 is 6.16. The molecule has 2 N–H and O–H groups in total. The maximum absolute atomic E-state index is 6.25. The fourth-order valence-electron chi connectivity index (χ4n) is 1.86. The third-order valence-corrected chi connectivity index (χ3v) is 3.47. The summed E-state index contributed by atoms with van der Waals surface area (Å²) in [7, 11) is 0. The van der Waals surface area contributed by atoms with Gasteiger partial charge in [-0.2, -0.15) is 0 Å². The van der Waals surface area contributed by atoms with Gasteiger partial charge in [0.15, 0.2) is 0 Å². The maximum Gasteiger partial charge on any atom is 0.0566 e. The first-order valence-corrected chi connectivity index (χ1v) is 6.04. The molecule has 0 spiro atoms. The Balaban J connectivity index is 2.40. The zero-order valence-corrected chi connectivity index (χ0v) is 10.8. The standard InChI is InChI=1S/C15H16ClN/c1-10-7-8-12(9-11(10)2)15(17)13-5-3-4-6-14(13)16/h3-9,15H,17H2,1-2H3. The Morgan fingerprint density at radius 1 is 1.00 bits per heavy atom. The van der Waals surface area contributed by atoms with Crippen molar-refractivity contribution in [1.29, 1.82) is 0 Å². The van der Waals surface area contributed by atoms with Gasteiger partial charge < -0.3 is 5.73 Å². The molecule has 0 bridgehead atoms. The molecule has 0 saturated carbocycles. The number of benzene rings is 2. The SMILES string of the molecule is Cc1ccc(C(N)c2ccccc2Cl)cc1C. The molecule has 0 aliphatic rings. The summed E-state index contributed by atoms with van der Waals surface area (Å²) in [6.07, 6.45) is 0. The summed E-state index contributed by atoms with van der Waals surface area (Å²) < 4.78 is 0. The number of halogens is 1. The zero-order chi connectivity index (χ0) is 12.4. The second-order valence-corrected chi connectivity index (χ2v) is 4.75. The molecule has 88 valence electrons. The van der Waals surface area contributed by atoms with Crippen LogP contribution in [0, 0.1) is 13.8 Å². The van der Waals surface area contributed by atoms with Crippen LogP contribution in [0.1, 0.15) is 28.3 Å². The first-order valence-electron chi connectivity index (χ1n) is 5.67. The summed E-state index contributed by atoms with van der Waals surface area (Å²) in [4.78, 5) is 0. The van der Waals surface area contributed by atoms with Gasteiger partial charge in [-0.1, -0.05) is 48.0 Å². The summed E-state index contributed by atoms with van der Waals surface area (Å²) in [6.45, 7) is 4.19. The van der Waals surface area contributed by atoms with Crippen molar-refractivity contribution in [3.8, 4) is 0 Å². The molecule has 0 amide bonds. The topological polar surface area (TPSA) is 26.0 Å². The second kappa shape index (κ2) is 4.91. The van der Waals surface area contributed by atoms with Crippen LogP contribution in [0.15, 0.2) is 42.5 Å². The van der Waals surface area contributed by atoms with Crippen LogP contribution in [0.3, 0.4) is 0 Å².